The molecule has 194 valence electrons. The molecule has 1 aliphatic heterocycles. The SMILES string of the molecule is COc1ccccc1CCN(CCCCCC(=O)c1ccc2c(c1)NC(=O)CO2)C(=O)OC(C)(C)C. The summed E-state index contributed by atoms with van der Waals surface area (Å²) in [7, 11) is 1.64. The van der Waals surface area contributed by atoms with Crippen LogP contribution in [0.15, 0.2) is 42.5 Å². The third kappa shape index (κ3) is 8.00. The maximum atomic E-state index is 12.8. The fraction of sp³-hybridized carbons (Fsp3) is 0.464. The Balaban J connectivity index is 1.50. The molecule has 0 saturated carbocycles. The van der Waals surface area contributed by atoms with E-state index in [0.717, 1.165) is 24.2 Å². The monoisotopic (exact) mass is 496 g/mol. The normalized spacial score (nSPS) is 12.7. The van der Waals surface area contributed by atoms with Crippen molar-refractivity contribution in [3.63, 3.8) is 0 Å². The van der Waals surface area contributed by atoms with Gasteiger partial charge in [-0.05, 0) is 69.9 Å². The molecule has 0 atom stereocenters. The Morgan fingerprint density at radius 3 is 2.58 bits per heavy atom. The maximum Gasteiger partial charge on any atom is 0.410 e. The van der Waals surface area contributed by atoms with Crippen LogP contribution >= 0.6 is 0 Å². The minimum Gasteiger partial charge on any atom is -0.496 e. The summed E-state index contributed by atoms with van der Waals surface area (Å²) in [4.78, 5) is 38.7. The van der Waals surface area contributed by atoms with Crippen molar-refractivity contribution in [3.05, 3.63) is 53.6 Å². The van der Waals surface area contributed by atoms with Gasteiger partial charge in [-0.25, -0.2) is 4.79 Å². The smallest absolute Gasteiger partial charge is 0.410 e. The van der Waals surface area contributed by atoms with Gasteiger partial charge in [-0.3, -0.25) is 9.59 Å². The first kappa shape index (κ1) is 27.0. The predicted molar refractivity (Wildman–Crippen MR) is 138 cm³/mol. The largest absolute Gasteiger partial charge is 0.496 e. The van der Waals surface area contributed by atoms with E-state index < -0.39 is 5.60 Å². The van der Waals surface area contributed by atoms with Crippen LogP contribution in [0.25, 0.3) is 0 Å². The van der Waals surface area contributed by atoms with Crippen LogP contribution in [0.1, 0.15) is 62.4 Å². The molecule has 3 rings (SSSR count). The third-order valence-electron chi connectivity index (χ3n) is 5.76. The van der Waals surface area contributed by atoms with Gasteiger partial charge in [-0.1, -0.05) is 24.6 Å². The highest BCUT2D eigenvalue weighted by atomic mass is 16.6. The Kier molecular flexibility index (Phi) is 9.33. The van der Waals surface area contributed by atoms with Gasteiger partial charge in [0.05, 0.1) is 12.8 Å². The molecule has 2 aromatic carbocycles. The van der Waals surface area contributed by atoms with Gasteiger partial charge in [-0.15, -0.1) is 0 Å². The first-order valence-corrected chi connectivity index (χ1v) is 12.4. The zero-order valence-electron chi connectivity index (χ0n) is 21.6. The lowest BCUT2D eigenvalue weighted by atomic mass is 10.0. The lowest BCUT2D eigenvalue weighted by Crippen LogP contribution is -2.38. The van der Waals surface area contributed by atoms with E-state index in [-0.39, 0.29) is 24.4 Å². The number of fused-ring (bicyclic) bond motifs is 1. The summed E-state index contributed by atoms with van der Waals surface area (Å²) >= 11 is 0. The molecular weight excluding hydrogens is 460 g/mol. The second kappa shape index (κ2) is 12.4. The van der Waals surface area contributed by atoms with E-state index in [0.29, 0.717) is 49.4 Å². The number of Topliss-reactive ketones (excluding diaryl/α,β-unsaturated/α-hetero) is 1. The number of hydrogen-bond acceptors (Lipinski definition) is 6. The topological polar surface area (TPSA) is 94.2 Å². The fourth-order valence-corrected chi connectivity index (χ4v) is 3.95. The second-order valence-electron chi connectivity index (χ2n) is 9.81. The van der Waals surface area contributed by atoms with Gasteiger partial charge in [0, 0.05) is 25.1 Å². The standard InChI is InChI=1S/C28H36N2O6/c1-28(2,3)36-27(33)30(17-15-20-10-7-8-12-24(20)34-4)16-9-5-6-11-23(31)21-13-14-25-22(18-21)29-26(32)19-35-25/h7-8,10,12-14,18H,5-6,9,11,15-17,19H2,1-4H3,(H,29,32). The molecule has 0 aromatic heterocycles. The molecular formula is C28H36N2O6. The number of carbonyl (C=O) groups is 3. The molecule has 0 unspecified atom stereocenters. The van der Waals surface area contributed by atoms with Gasteiger partial charge in [0.15, 0.2) is 12.4 Å². The summed E-state index contributed by atoms with van der Waals surface area (Å²) < 4.78 is 16.4. The Bertz CT molecular complexity index is 1080. The van der Waals surface area contributed by atoms with Crippen LogP contribution in [-0.4, -0.2) is 55.1 Å². The van der Waals surface area contributed by atoms with Crippen LogP contribution in [-0.2, 0) is 16.0 Å². The van der Waals surface area contributed by atoms with Gasteiger partial charge >= 0.3 is 6.09 Å². The third-order valence-corrected chi connectivity index (χ3v) is 5.76. The number of nitrogens with one attached hydrogen (secondary N) is 1. The summed E-state index contributed by atoms with van der Waals surface area (Å²) in [6.07, 6.45) is 2.96. The molecule has 36 heavy (non-hydrogen) atoms. The number of para-hydroxylation sites is 1. The number of carbonyl (C=O) groups excluding carboxylic acids is 3. The van der Waals surface area contributed by atoms with Crippen molar-refractivity contribution in [2.45, 2.75) is 58.5 Å². The van der Waals surface area contributed by atoms with Gasteiger partial charge < -0.3 is 24.4 Å². The molecule has 1 heterocycles. The van der Waals surface area contributed by atoms with E-state index in [9.17, 15) is 14.4 Å². The van der Waals surface area contributed by atoms with E-state index in [1.165, 1.54) is 0 Å². The Labute approximate surface area is 212 Å². The average Bonchev–Trinajstić information content (AvgIpc) is 2.84. The van der Waals surface area contributed by atoms with Crippen molar-refractivity contribution in [2.75, 3.05) is 32.1 Å². The molecule has 0 radical (unpaired) electrons. The average molecular weight is 497 g/mol. The van der Waals surface area contributed by atoms with E-state index >= 15 is 0 Å². The van der Waals surface area contributed by atoms with E-state index in [2.05, 4.69) is 5.32 Å². The van der Waals surface area contributed by atoms with Crippen LogP contribution in [0.4, 0.5) is 10.5 Å². The minimum atomic E-state index is -0.578. The highest BCUT2D eigenvalue weighted by Crippen LogP contribution is 2.29. The summed E-state index contributed by atoms with van der Waals surface area (Å²) in [5.41, 5.74) is 1.53. The van der Waals surface area contributed by atoms with Crippen molar-refractivity contribution in [1.29, 1.82) is 0 Å². The first-order valence-electron chi connectivity index (χ1n) is 12.4. The molecule has 0 bridgehead atoms. The second-order valence-corrected chi connectivity index (χ2v) is 9.81. The maximum absolute atomic E-state index is 12.8. The summed E-state index contributed by atoms with van der Waals surface area (Å²) in [5.74, 6) is 1.15. The van der Waals surface area contributed by atoms with Crippen molar-refractivity contribution < 1.29 is 28.6 Å². The van der Waals surface area contributed by atoms with Gasteiger partial charge in [-0.2, -0.15) is 0 Å². The van der Waals surface area contributed by atoms with Crippen molar-refractivity contribution in [3.8, 4) is 11.5 Å². The van der Waals surface area contributed by atoms with E-state index in [4.69, 9.17) is 14.2 Å². The Morgan fingerprint density at radius 1 is 1.06 bits per heavy atom. The van der Waals surface area contributed by atoms with Crippen molar-refractivity contribution in [1.82, 2.24) is 4.90 Å². The van der Waals surface area contributed by atoms with E-state index in [1.54, 1.807) is 30.2 Å². The molecule has 2 amide bonds. The molecule has 0 saturated heterocycles. The minimum absolute atomic E-state index is 0.0118. The first-order chi connectivity index (χ1) is 17.2. The highest BCUT2D eigenvalue weighted by Gasteiger charge is 2.22. The molecule has 1 N–H and O–H groups in total. The molecule has 0 spiro atoms. The predicted octanol–water partition coefficient (Wildman–Crippen LogP) is 5.25. The summed E-state index contributed by atoms with van der Waals surface area (Å²) in [5, 5.41) is 2.73. The number of unbranched alkanes of at least 4 members (excludes halogenated alkanes) is 2. The summed E-state index contributed by atoms with van der Waals surface area (Å²) in [6, 6.07) is 12.9. The van der Waals surface area contributed by atoms with E-state index in [1.807, 2.05) is 45.0 Å². The van der Waals surface area contributed by atoms with Gasteiger partial charge in [0.1, 0.15) is 17.1 Å². The number of rotatable bonds is 11. The molecule has 2 aromatic rings. The van der Waals surface area contributed by atoms with Gasteiger partial charge in [0.25, 0.3) is 5.91 Å². The number of anilines is 1. The molecule has 8 heteroatoms. The number of hydrogen-bond donors (Lipinski definition) is 1. The highest BCUT2D eigenvalue weighted by molar-refractivity contribution is 6.00. The number of ether oxygens (including phenoxy) is 3. The fourth-order valence-electron chi connectivity index (χ4n) is 3.95. The zero-order chi connectivity index (χ0) is 26.1. The molecule has 1 aliphatic rings. The van der Waals surface area contributed by atoms with Crippen LogP contribution in [0, 0.1) is 0 Å². The van der Waals surface area contributed by atoms with Crippen LogP contribution in [0.2, 0.25) is 0 Å². The quantitative estimate of drug-likeness (QED) is 0.337. The number of nitrogens with zero attached hydrogens (tertiary/aromatic N) is 1. The molecule has 0 fully saturated rings. The van der Waals surface area contributed by atoms with Gasteiger partial charge in [0.2, 0.25) is 0 Å². The Morgan fingerprint density at radius 2 is 1.83 bits per heavy atom. The number of benzene rings is 2. The zero-order valence-corrected chi connectivity index (χ0v) is 21.6. The Hall–Kier alpha value is -3.55. The number of ketones is 1. The van der Waals surface area contributed by atoms with Crippen LogP contribution in [0.3, 0.4) is 0 Å². The number of amides is 2. The van der Waals surface area contributed by atoms with Crippen LogP contribution in [0.5, 0.6) is 11.5 Å². The van der Waals surface area contributed by atoms with Crippen molar-refractivity contribution in [2.24, 2.45) is 0 Å². The summed E-state index contributed by atoms with van der Waals surface area (Å²) in [6.45, 7) is 6.60. The number of methoxy groups -OCH3 is 1. The molecule has 8 nitrogen and oxygen atoms in total. The van der Waals surface area contributed by atoms with Crippen LogP contribution < -0.4 is 14.8 Å². The lowest BCUT2D eigenvalue weighted by molar-refractivity contribution is -0.118. The molecule has 0 aliphatic carbocycles. The lowest BCUT2D eigenvalue weighted by Gasteiger charge is -2.27. The van der Waals surface area contributed by atoms with Crippen molar-refractivity contribution >= 4 is 23.5 Å².